The minimum atomic E-state index is -0.623. The summed E-state index contributed by atoms with van der Waals surface area (Å²) in [5.74, 6) is -1.14. The van der Waals surface area contributed by atoms with E-state index in [1.165, 1.54) is 0 Å². The van der Waals surface area contributed by atoms with Gasteiger partial charge < -0.3 is 10.5 Å². The molecule has 4 nitrogen and oxygen atoms in total. The van der Waals surface area contributed by atoms with Crippen LogP contribution in [0.2, 0.25) is 0 Å². The van der Waals surface area contributed by atoms with Crippen molar-refractivity contribution in [1.29, 1.82) is 0 Å². The summed E-state index contributed by atoms with van der Waals surface area (Å²) in [4.78, 5) is 22.0. The van der Waals surface area contributed by atoms with Gasteiger partial charge in [0, 0.05) is 11.6 Å². The molecular formula is C10H17NO3. The third-order valence-corrected chi connectivity index (χ3v) is 1.59. The molecular weight excluding hydrogens is 182 g/mol. The lowest BCUT2D eigenvalue weighted by Crippen LogP contribution is -2.17. The lowest BCUT2D eigenvalue weighted by Gasteiger charge is -2.09. The molecule has 0 aromatic carbocycles. The van der Waals surface area contributed by atoms with Crippen LogP contribution in [0.4, 0.5) is 0 Å². The molecule has 2 N–H and O–H groups in total. The molecule has 0 atom stereocenters. The van der Waals surface area contributed by atoms with E-state index in [-0.39, 0.29) is 5.92 Å². The van der Waals surface area contributed by atoms with E-state index in [9.17, 15) is 9.59 Å². The number of carbonyl (C=O) groups is 2. The molecule has 0 rings (SSSR count). The van der Waals surface area contributed by atoms with E-state index in [0.717, 1.165) is 12.5 Å². The van der Waals surface area contributed by atoms with Crippen LogP contribution >= 0.6 is 0 Å². The maximum absolute atomic E-state index is 11.4. The number of esters is 1. The highest BCUT2D eigenvalue weighted by atomic mass is 16.5. The first-order valence-electron chi connectivity index (χ1n) is 4.67. The normalized spacial score (nSPS) is 11.6. The van der Waals surface area contributed by atoms with Crippen LogP contribution in [0, 0.1) is 5.92 Å². The van der Waals surface area contributed by atoms with Crippen LogP contribution in [0.5, 0.6) is 0 Å². The summed E-state index contributed by atoms with van der Waals surface area (Å²) in [6.45, 7) is 5.88. The Balaban J connectivity index is 4.50. The van der Waals surface area contributed by atoms with Gasteiger partial charge in [0.2, 0.25) is 5.91 Å². The molecule has 0 saturated carbocycles. The highest BCUT2D eigenvalue weighted by molar-refractivity contribution is 5.98. The summed E-state index contributed by atoms with van der Waals surface area (Å²) in [6, 6.07) is 0. The zero-order chi connectivity index (χ0) is 11.1. The molecule has 4 heteroatoms. The van der Waals surface area contributed by atoms with Gasteiger partial charge in [-0.3, -0.25) is 4.79 Å². The Morgan fingerprint density at radius 3 is 2.36 bits per heavy atom. The average molecular weight is 199 g/mol. The van der Waals surface area contributed by atoms with Gasteiger partial charge >= 0.3 is 5.97 Å². The van der Waals surface area contributed by atoms with Gasteiger partial charge in [-0.25, -0.2) is 4.79 Å². The number of primary amides is 1. The van der Waals surface area contributed by atoms with Crippen LogP contribution in [0.1, 0.15) is 27.2 Å². The monoisotopic (exact) mass is 199 g/mol. The first-order valence-corrected chi connectivity index (χ1v) is 4.67. The fourth-order valence-corrected chi connectivity index (χ4v) is 0.893. The molecule has 0 heterocycles. The first kappa shape index (κ1) is 12.7. The predicted molar refractivity (Wildman–Crippen MR) is 53.4 cm³/mol. The lowest BCUT2D eigenvalue weighted by atomic mass is 10.0. The molecule has 0 radical (unpaired) electrons. The lowest BCUT2D eigenvalue weighted by molar-refractivity contribution is -0.139. The maximum atomic E-state index is 11.4. The zero-order valence-electron chi connectivity index (χ0n) is 8.87. The molecule has 0 aromatic heterocycles. The summed E-state index contributed by atoms with van der Waals surface area (Å²) in [5.41, 5.74) is 5.30. The van der Waals surface area contributed by atoms with E-state index in [0.29, 0.717) is 12.2 Å². The third-order valence-electron chi connectivity index (χ3n) is 1.59. The van der Waals surface area contributed by atoms with Crippen LogP contribution in [0.15, 0.2) is 11.6 Å². The standard InChI is InChI=1S/C10H17NO3/c1-4-5-14-10(13)8(7(2)3)6-9(11)12/h6-7H,4-5H2,1-3H3,(H2,11,12). The molecule has 0 aromatic rings. The van der Waals surface area contributed by atoms with Crippen LogP contribution in [-0.4, -0.2) is 18.5 Å². The Kier molecular flexibility index (Phi) is 5.60. The Morgan fingerprint density at radius 2 is 2.00 bits per heavy atom. The smallest absolute Gasteiger partial charge is 0.334 e. The summed E-state index contributed by atoms with van der Waals surface area (Å²) >= 11 is 0. The van der Waals surface area contributed by atoms with Crippen molar-refractivity contribution in [2.24, 2.45) is 11.7 Å². The molecule has 0 spiro atoms. The number of rotatable bonds is 5. The highest BCUT2D eigenvalue weighted by Gasteiger charge is 2.15. The largest absolute Gasteiger partial charge is 0.462 e. The van der Waals surface area contributed by atoms with Gasteiger partial charge in [0.15, 0.2) is 0 Å². The van der Waals surface area contributed by atoms with Crippen molar-refractivity contribution in [2.45, 2.75) is 27.2 Å². The number of amides is 1. The predicted octanol–water partition coefficient (Wildman–Crippen LogP) is 1.01. The quantitative estimate of drug-likeness (QED) is 0.530. The summed E-state index contributed by atoms with van der Waals surface area (Å²) in [5, 5.41) is 0. The Morgan fingerprint density at radius 1 is 1.43 bits per heavy atom. The Labute approximate surface area is 84.1 Å². The van der Waals surface area contributed by atoms with E-state index >= 15 is 0 Å². The second-order valence-electron chi connectivity index (χ2n) is 3.29. The van der Waals surface area contributed by atoms with Gasteiger partial charge in [0.1, 0.15) is 0 Å². The van der Waals surface area contributed by atoms with Crippen molar-refractivity contribution in [3.63, 3.8) is 0 Å². The zero-order valence-corrected chi connectivity index (χ0v) is 8.87. The van der Waals surface area contributed by atoms with Crippen molar-refractivity contribution in [3.8, 4) is 0 Å². The van der Waals surface area contributed by atoms with E-state index in [1.54, 1.807) is 0 Å². The number of carbonyl (C=O) groups excluding carboxylic acids is 2. The molecule has 0 aliphatic heterocycles. The van der Waals surface area contributed by atoms with Gasteiger partial charge in [-0.05, 0) is 12.3 Å². The van der Waals surface area contributed by atoms with Crippen molar-refractivity contribution in [2.75, 3.05) is 6.61 Å². The summed E-state index contributed by atoms with van der Waals surface area (Å²) < 4.78 is 4.90. The number of ether oxygens (including phenoxy) is 1. The molecule has 0 aliphatic rings. The SMILES string of the molecule is CCCOC(=O)C(=CC(N)=O)C(C)C. The molecule has 1 amide bonds. The number of hydrogen-bond acceptors (Lipinski definition) is 3. The van der Waals surface area contributed by atoms with Gasteiger partial charge in [-0.2, -0.15) is 0 Å². The van der Waals surface area contributed by atoms with Gasteiger partial charge in [0.05, 0.1) is 6.61 Å². The van der Waals surface area contributed by atoms with E-state index < -0.39 is 11.9 Å². The van der Waals surface area contributed by atoms with Crippen molar-refractivity contribution in [1.82, 2.24) is 0 Å². The molecule has 0 fully saturated rings. The third kappa shape index (κ3) is 4.64. The Bertz CT molecular complexity index is 244. The minimum absolute atomic E-state index is 0.0631. The second-order valence-corrected chi connectivity index (χ2v) is 3.29. The van der Waals surface area contributed by atoms with E-state index in [1.807, 2.05) is 20.8 Å². The van der Waals surface area contributed by atoms with Crippen LogP contribution in [0.3, 0.4) is 0 Å². The fraction of sp³-hybridized carbons (Fsp3) is 0.600. The van der Waals surface area contributed by atoms with E-state index in [2.05, 4.69) is 0 Å². The number of hydrogen-bond donors (Lipinski definition) is 1. The van der Waals surface area contributed by atoms with Gasteiger partial charge in [0.25, 0.3) is 0 Å². The molecule has 0 unspecified atom stereocenters. The molecule has 0 saturated heterocycles. The van der Waals surface area contributed by atoms with Crippen LogP contribution in [0.25, 0.3) is 0 Å². The van der Waals surface area contributed by atoms with Crippen molar-refractivity contribution < 1.29 is 14.3 Å². The summed E-state index contributed by atoms with van der Waals surface area (Å²) in [7, 11) is 0. The van der Waals surface area contributed by atoms with Crippen LogP contribution < -0.4 is 5.73 Å². The minimum Gasteiger partial charge on any atom is -0.462 e. The molecule has 0 aliphatic carbocycles. The van der Waals surface area contributed by atoms with E-state index in [4.69, 9.17) is 10.5 Å². The van der Waals surface area contributed by atoms with Gasteiger partial charge in [-0.1, -0.05) is 20.8 Å². The fourth-order valence-electron chi connectivity index (χ4n) is 0.893. The van der Waals surface area contributed by atoms with Gasteiger partial charge in [-0.15, -0.1) is 0 Å². The van der Waals surface area contributed by atoms with Crippen molar-refractivity contribution in [3.05, 3.63) is 11.6 Å². The first-order chi connectivity index (χ1) is 6.49. The average Bonchev–Trinajstić information content (AvgIpc) is 2.09. The topological polar surface area (TPSA) is 69.4 Å². The molecule has 0 bridgehead atoms. The molecule has 80 valence electrons. The maximum Gasteiger partial charge on any atom is 0.334 e. The number of nitrogens with two attached hydrogens (primary N) is 1. The van der Waals surface area contributed by atoms with Crippen molar-refractivity contribution >= 4 is 11.9 Å². The van der Waals surface area contributed by atoms with Crippen LogP contribution in [-0.2, 0) is 14.3 Å². The second kappa shape index (κ2) is 6.18. The molecule has 14 heavy (non-hydrogen) atoms. The summed E-state index contributed by atoms with van der Waals surface area (Å²) in [6.07, 6.45) is 1.89. The Hall–Kier alpha value is -1.32. The highest BCUT2D eigenvalue weighted by Crippen LogP contribution is 2.11.